The van der Waals surface area contributed by atoms with Gasteiger partial charge in [0.05, 0.1) is 10.7 Å². The van der Waals surface area contributed by atoms with E-state index >= 15 is 0 Å². The summed E-state index contributed by atoms with van der Waals surface area (Å²) in [6.07, 6.45) is 3.73. The monoisotopic (exact) mass is 517 g/mol. The van der Waals surface area contributed by atoms with E-state index in [4.69, 9.17) is 4.74 Å². The number of hydrazone groups is 1. The highest BCUT2D eigenvalue weighted by Crippen LogP contribution is 2.31. The van der Waals surface area contributed by atoms with E-state index in [0.717, 1.165) is 27.5 Å². The first-order chi connectivity index (χ1) is 16.3. The number of nitrogens with one attached hydrogen (secondary N) is 1. The van der Waals surface area contributed by atoms with Gasteiger partial charge in [-0.25, -0.2) is 5.43 Å². The number of hydrogen-bond donors (Lipinski definition) is 1. The molecule has 0 bridgehead atoms. The summed E-state index contributed by atoms with van der Waals surface area (Å²) < 4.78 is 8.68. The van der Waals surface area contributed by atoms with E-state index in [9.17, 15) is 4.79 Å². The summed E-state index contributed by atoms with van der Waals surface area (Å²) >= 11 is 3.53. The number of para-hydroxylation sites is 1. The van der Waals surface area contributed by atoms with Crippen LogP contribution in [0, 0.1) is 0 Å². The van der Waals surface area contributed by atoms with Crippen LogP contribution >= 0.6 is 15.9 Å². The van der Waals surface area contributed by atoms with Crippen molar-refractivity contribution in [2.45, 2.75) is 32.7 Å². The first kappa shape index (κ1) is 23.8. The van der Waals surface area contributed by atoms with Gasteiger partial charge in [0, 0.05) is 29.2 Å². The molecule has 0 aliphatic heterocycles. The van der Waals surface area contributed by atoms with E-state index in [1.807, 2.05) is 48.5 Å². The third kappa shape index (κ3) is 5.75. The minimum atomic E-state index is -0.323. The van der Waals surface area contributed by atoms with Gasteiger partial charge in [0.15, 0.2) is 6.61 Å². The molecule has 34 heavy (non-hydrogen) atoms. The Hall–Kier alpha value is -3.38. The van der Waals surface area contributed by atoms with Gasteiger partial charge in [0.1, 0.15) is 5.75 Å². The quantitative estimate of drug-likeness (QED) is 0.231. The van der Waals surface area contributed by atoms with Crippen molar-refractivity contribution < 1.29 is 9.53 Å². The van der Waals surface area contributed by atoms with Gasteiger partial charge < -0.3 is 9.30 Å². The Balaban J connectivity index is 1.40. The molecule has 0 spiro atoms. The van der Waals surface area contributed by atoms with Crippen molar-refractivity contribution in [2.24, 2.45) is 5.10 Å². The van der Waals surface area contributed by atoms with Crippen LogP contribution in [0.3, 0.4) is 0 Å². The first-order valence-corrected chi connectivity index (χ1v) is 12.0. The summed E-state index contributed by atoms with van der Waals surface area (Å²) in [5.41, 5.74) is 7.06. The predicted molar refractivity (Wildman–Crippen MR) is 142 cm³/mol. The van der Waals surface area contributed by atoms with E-state index < -0.39 is 0 Å². The standard InChI is InChI=1S/C28H28BrN3O2/c1-28(2,3)22-13-14-26(24(29)15-22)34-19-27(33)31-30-16-21-18-32(17-20-9-5-4-6-10-20)25-12-8-7-11-23(21)25/h4-16,18H,17,19H2,1-3H3,(H,31,33)/b30-16+. The van der Waals surface area contributed by atoms with Crippen molar-refractivity contribution in [3.63, 3.8) is 0 Å². The second-order valence-electron chi connectivity index (χ2n) is 9.19. The van der Waals surface area contributed by atoms with Crippen molar-refractivity contribution >= 4 is 39.0 Å². The van der Waals surface area contributed by atoms with Crippen LogP contribution in [0.2, 0.25) is 0 Å². The second kappa shape index (κ2) is 10.3. The number of amides is 1. The third-order valence-corrected chi connectivity index (χ3v) is 6.18. The van der Waals surface area contributed by atoms with Crippen molar-refractivity contribution in [2.75, 3.05) is 6.61 Å². The normalized spacial score (nSPS) is 11.8. The average molecular weight is 518 g/mol. The maximum atomic E-state index is 12.3. The lowest BCUT2D eigenvalue weighted by Crippen LogP contribution is -2.24. The maximum absolute atomic E-state index is 12.3. The van der Waals surface area contributed by atoms with Gasteiger partial charge in [0.2, 0.25) is 0 Å². The fraction of sp³-hybridized carbons (Fsp3) is 0.214. The lowest BCUT2D eigenvalue weighted by molar-refractivity contribution is -0.123. The molecule has 4 rings (SSSR count). The van der Waals surface area contributed by atoms with Crippen LogP contribution in [0.5, 0.6) is 5.75 Å². The lowest BCUT2D eigenvalue weighted by atomic mass is 9.87. The SMILES string of the molecule is CC(C)(C)c1ccc(OCC(=O)N/N=C/c2cn(Cc3ccccc3)c3ccccc23)c(Br)c1. The molecule has 0 radical (unpaired) electrons. The molecule has 0 atom stereocenters. The van der Waals surface area contributed by atoms with Gasteiger partial charge in [-0.15, -0.1) is 0 Å². The van der Waals surface area contributed by atoms with Gasteiger partial charge in [-0.05, 0) is 50.7 Å². The van der Waals surface area contributed by atoms with Crippen LogP contribution in [-0.2, 0) is 16.8 Å². The molecule has 0 aliphatic rings. The molecule has 6 heteroatoms. The third-order valence-electron chi connectivity index (χ3n) is 5.56. The molecule has 0 unspecified atom stereocenters. The van der Waals surface area contributed by atoms with E-state index in [0.29, 0.717) is 5.75 Å². The number of carbonyl (C=O) groups excluding carboxylic acids is 1. The van der Waals surface area contributed by atoms with Gasteiger partial charge in [-0.1, -0.05) is 75.4 Å². The smallest absolute Gasteiger partial charge is 0.277 e. The molecule has 1 aromatic heterocycles. The summed E-state index contributed by atoms with van der Waals surface area (Å²) in [6, 6.07) is 24.4. The fourth-order valence-corrected chi connectivity index (χ4v) is 4.22. The summed E-state index contributed by atoms with van der Waals surface area (Å²) in [5, 5.41) is 5.24. The van der Waals surface area contributed by atoms with Crippen molar-refractivity contribution in [1.82, 2.24) is 9.99 Å². The molecular formula is C28H28BrN3O2. The minimum absolute atomic E-state index is 0.0390. The number of ether oxygens (including phenoxy) is 1. The summed E-state index contributed by atoms with van der Waals surface area (Å²) in [4.78, 5) is 12.3. The highest BCUT2D eigenvalue weighted by atomic mass is 79.9. The zero-order valence-corrected chi connectivity index (χ0v) is 21.2. The molecule has 1 heterocycles. The van der Waals surface area contributed by atoms with Gasteiger partial charge in [-0.2, -0.15) is 5.10 Å². The number of rotatable bonds is 7. The zero-order chi connectivity index (χ0) is 24.1. The lowest BCUT2D eigenvalue weighted by Gasteiger charge is -2.20. The predicted octanol–water partition coefficient (Wildman–Crippen LogP) is 6.28. The highest BCUT2D eigenvalue weighted by molar-refractivity contribution is 9.10. The molecule has 5 nitrogen and oxygen atoms in total. The molecule has 0 fully saturated rings. The van der Waals surface area contributed by atoms with Gasteiger partial charge >= 0.3 is 0 Å². The van der Waals surface area contributed by atoms with Crippen LogP contribution < -0.4 is 10.2 Å². The molecule has 0 saturated heterocycles. The zero-order valence-electron chi connectivity index (χ0n) is 19.6. The maximum Gasteiger partial charge on any atom is 0.277 e. The van der Waals surface area contributed by atoms with Crippen LogP contribution in [0.15, 0.2) is 88.6 Å². The number of carbonyl (C=O) groups is 1. The minimum Gasteiger partial charge on any atom is -0.483 e. The Bertz CT molecular complexity index is 1320. The van der Waals surface area contributed by atoms with Crippen LogP contribution in [0.25, 0.3) is 10.9 Å². The second-order valence-corrected chi connectivity index (χ2v) is 10.0. The molecule has 1 N–H and O–H groups in total. The van der Waals surface area contributed by atoms with Gasteiger partial charge in [-0.3, -0.25) is 4.79 Å². The molecular weight excluding hydrogens is 490 g/mol. The number of hydrogen-bond acceptors (Lipinski definition) is 3. The van der Waals surface area contributed by atoms with Crippen molar-refractivity contribution in [1.29, 1.82) is 0 Å². The molecule has 3 aromatic carbocycles. The molecule has 1 amide bonds. The van der Waals surface area contributed by atoms with Crippen LogP contribution in [0.4, 0.5) is 0 Å². The summed E-state index contributed by atoms with van der Waals surface area (Å²) in [7, 11) is 0. The number of benzene rings is 3. The molecule has 174 valence electrons. The van der Waals surface area contributed by atoms with E-state index in [2.05, 4.69) is 82.3 Å². The van der Waals surface area contributed by atoms with E-state index in [-0.39, 0.29) is 17.9 Å². The summed E-state index contributed by atoms with van der Waals surface area (Å²) in [5.74, 6) is 0.298. The van der Waals surface area contributed by atoms with Crippen molar-refractivity contribution in [3.05, 3.63) is 100 Å². The summed E-state index contributed by atoms with van der Waals surface area (Å²) in [6.45, 7) is 7.10. The number of fused-ring (bicyclic) bond motifs is 1. The Morgan fingerprint density at radius 2 is 1.79 bits per heavy atom. The van der Waals surface area contributed by atoms with E-state index in [1.165, 1.54) is 11.1 Å². The fourth-order valence-electron chi connectivity index (χ4n) is 3.72. The van der Waals surface area contributed by atoms with Gasteiger partial charge in [0.25, 0.3) is 5.91 Å². The Morgan fingerprint density at radius 1 is 1.06 bits per heavy atom. The molecule has 4 aromatic rings. The first-order valence-electron chi connectivity index (χ1n) is 11.2. The average Bonchev–Trinajstić information content (AvgIpc) is 3.15. The Morgan fingerprint density at radius 3 is 2.53 bits per heavy atom. The van der Waals surface area contributed by atoms with Crippen molar-refractivity contribution in [3.8, 4) is 5.75 Å². The number of nitrogens with zero attached hydrogens (tertiary/aromatic N) is 2. The Labute approximate surface area is 208 Å². The largest absolute Gasteiger partial charge is 0.483 e. The van der Waals surface area contributed by atoms with Crippen LogP contribution in [0.1, 0.15) is 37.5 Å². The topological polar surface area (TPSA) is 55.6 Å². The van der Waals surface area contributed by atoms with E-state index in [1.54, 1.807) is 6.21 Å². The molecule has 0 saturated carbocycles. The van der Waals surface area contributed by atoms with Crippen LogP contribution in [-0.4, -0.2) is 23.3 Å². The molecule has 0 aliphatic carbocycles. The Kier molecular flexibility index (Phi) is 7.17. The number of aromatic nitrogens is 1. The number of halogens is 1. The highest BCUT2D eigenvalue weighted by Gasteiger charge is 2.15.